The zero-order valence-electron chi connectivity index (χ0n) is 11.1. The van der Waals surface area contributed by atoms with E-state index in [-0.39, 0.29) is 0 Å². The molecule has 4 nitrogen and oxygen atoms in total. The minimum absolute atomic E-state index is 0.520. The Hall–Kier alpha value is -1.26. The maximum Gasteiger partial charge on any atom is 0.120 e. The van der Waals surface area contributed by atoms with Crippen molar-refractivity contribution in [3.05, 3.63) is 23.8 Å². The third-order valence-corrected chi connectivity index (χ3v) is 3.69. The highest BCUT2D eigenvalue weighted by Gasteiger charge is 2.28. The van der Waals surface area contributed by atoms with Gasteiger partial charge in [0.2, 0.25) is 0 Å². The van der Waals surface area contributed by atoms with E-state index in [1.165, 1.54) is 0 Å². The molecule has 0 spiro atoms. The molecule has 0 radical (unpaired) electrons. The van der Waals surface area contributed by atoms with Crippen molar-refractivity contribution in [3.63, 3.8) is 0 Å². The molecule has 0 bridgehead atoms. The lowest BCUT2D eigenvalue weighted by Crippen LogP contribution is -2.42. The van der Waals surface area contributed by atoms with Crippen molar-refractivity contribution in [3.8, 4) is 5.75 Å². The number of aliphatic hydroxyl groups is 1. The Morgan fingerprint density at radius 3 is 2.61 bits per heavy atom. The lowest BCUT2D eigenvalue weighted by Gasteiger charge is -2.38. The minimum atomic E-state index is -0.530. The van der Waals surface area contributed by atoms with E-state index in [1.807, 2.05) is 25.1 Å². The summed E-state index contributed by atoms with van der Waals surface area (Å²) in [6.45, 7) is 4.13. The first-order valence-corrected chi connectivity index (χ1v) is 6.40. The SMILES string of the molecule is COc1ccc(CN)c(N2CCC(C)(O)CC2)c1. The number of rotatable bonds is 3. The topological polar surface area (TPSA) is 58.7 Å². The van der Waals surface area contributed by atoms with Crippen LogP contribution < -0.4 is 15.4 Å². The summed E-state index contributed by atoms with van der Waals surface area (Å²) < 4.78 is 5.27. The molecule has 0 unspecified atom stereocenters. The van der Waals surface area contributed by atoms with Crippen LogP contribution in [0.4, 0.5) is 5.69 Å². The van der Waals surface area contributed by atoms with E-state index in [2.05, 4.69) is 4.90 Å². The molecule has 1 aromatic rings. The Morgan fingerprint density at radius 1 is 1.39 bits per heavy atom. The number of methoxy groups -OCH3 is 1. The van der Waals surface area contributed by atoms with Gasteiger partial charge in [0.15, 0.2) is 0 Å². The van der Waals surface area contributed by atoms with Gasteiger partial charge in [-0.25, -0.2) is 0 Å². The van der Waals surface area contributed by atoms with Crippen LogP contribution in [-0.4, -0.2) is 30.9 Å². The smallest absolute Gasteiger partial charge is 0.120 e. The second kappa shape index (κ2) is 5.16. The Balaban J connectivity index is 2.21. The van der Waals surface area contributed by atoms with Crippen LogP contribution in [0.3, 0.4) is 0 Å². The summed E-state index contributed by atoms with van der Waals surface area (Å²) in [4.78, 5) is 2.28. The maximum atomic E-state index is 9.99. The van der Waals surface area contributed by atoms with Crippen LogP contribution in [0, 0.1) is 0 Å². The first-order chi connectivity index (χ1) is 8.55. The molecular formula is C14H22N2O2. The van der Waals surface area contributed by atoms with Crippen molar-refractivity contribution < 1.29 is 9.84 Å². The molecule has 2 rings (SSSR count). The minimum Gasteiger partial charge on any atom is -0.497 e. The Labute approximate surface area is 108 Å². The van der Waals surface area contributed by atoms with Gasteiger partial charge in [-0.15, -0.1) is 0 Å². The summed E-state index contributed by atoms with van der Waals surface area (Å²) in [6, 6.07) is 5.98. The van der Waals surface area contributed by atoms with Crippen molar-refractivity contribution in [1.82, 2.24) is 0 Å². The molecule has 0 saturated carbocycles. The summed E-state index contributed by atoms with van der Waals surface area (Å²) in [5, 5.41) is 9.99. The predicted octanol–water partition coefficient (Wildman–Crippen LogP) is 1.51. The van der Waals surface area contributed by atoms with E-state index in [9.17, 15) is 5.11 Å². The van der Waals surface area contributed by atoms with Crippen molar-refractivity contribution in [2.45, 2.75) is 31.9 Å². The maximum absolute atomic E-state index is 9.99. The van der Waals surface area contributed by atoms with Gasteiger partial charge in [-0.2, -0.15) is 0 Å². The van der Waals surface area contributed by atoms with E-state index in [0.717, 1.165) is 42.9 Å². The van der Waals surface area contributed by atoms with Gasteiger partial charge in [-0.05, 0) is 31.4 Å². The molecule has 1 saturated heterocycles. The second-order valence-electron chi connectivity index (χ2n) is 5.18. The quantitative estimate of drug-likeness (QED) is 0.853. The van der Waals surface area contributed by atoms with Crippen molar-refractivity contribution in [2.75, 3.05) is 25.1 Å². The molecule has 1 aliphatic rings. The number of ether oxygens (including phenoxy) is 1. The fourth-order valence-corrected chi connectivity index (χ4v) is 2.37. The van der Waals surface area contributed by atoms with E-state index in [4.69, 9.17) is 10.5 Å². The Bertz CT molecular complexity index is 408. The zero-order valence-corrected chi connectivity index (χ0v) is 11.1. The van der Waals surface area contributed by atoms with Gasteiger partial charge in [0, 0.05) is 31.4 Å². The highest BCUT2D eigenvalue weighted by atomic mass is 16.5. The van der Waals surface area contributed by atoms with Gasteiger partial charge in [0.05, 0.1) is 12.7 Å². The molecule has 1 heterocycles. The summed E-state index contributed by atoms with van der Waals surface area (Å²) in [5.74, 6) is 0.847. The van der Waals surface area contributed by atoms with E-state index in [0.29, 0.717) is 6.54 Å². The summed E-state index contributed by atoms with van der Waals surface area (Å²) >= 11 is 0. The van der Waals surface area contributed by atoms with Crippen molar-refractivity contribution >= 4 is 5.69 Å². The number of hydrogen-bond acceptors (Lipinski definition) is 4. The van der Waals surface area contributed by atoms with Gasteiger partial charge >= 0.3 is 0 Å². The molecule has 1 aromatic carbocycles. The van der Waals surface area contributed by atoms with Crippen LogP contribution >= 0.6 is 0 Å². The van der Waals surface area contributed by atoms with E-state index >= 15 is 0 Å². The van der Waals surface area contributed by atoms with Crippen molar-refractivity contribution in [1.29, 1.82) is 0 Å². The first-order valence-electron chi connectivity index (χ1n) is 6.40. The largest absolute Gasteiger partial charge is 0.497 e. The van der Waals surface area contributed by atoms with Crippen LogP contribution in [-0.2, 0) is 6.54 Å². The Morgan fingerprint density at radius 2 is 2.06 bits per heavy atom. The van der Waals surface area contributed by atoms with Gasteiger partial charge in [0.25, 0.3) is 0 Å². The molecule has 100 valence electrons. The average molecular weight is 250 g/mol. The molecule has 0 amide bonds. The monoisotopic (exact) mass is 250 g/mol. The number of hydrogen-bond donors (Lipinski definition) is 2. The number of benzene rings is 1. The average Bonchev–Trinajstić information content (AvgIpc) is 2.38. The van der Waals surface area contributed by atoms with Crippen LogP contribution in [0.1, 0.15) is 25.3 Å². The van der Waals surface area contributed by atoms with E-state index in [1.54, 1.807) is 7.11 Å². The van der Waals surface area contributed by atoms with Gasteiger partial charge in [-0.3, -0.25) is 0 Å². The number of anilines is 1. The molecule has 0 aromatic heterocycles. The highest BCUT2D eigenvalue weighted by molar-refractivity contribution is 5.57. The summed E-state index contributed by atoms with van der Waals surface area (Å²) in [7, 11) is 1.67. The second-order valence-corrected chi connectivity index (χ2v) is 5.18. The molecule has 1 fully saturated rings. The fraction of sp³-hybridized carbons (Fsp3) is 0.571. The van der Waals surface area contributed by atoms with Crippen LogP contribution in [0.15, 0.2) is 18.2 Å². The predicted molar refractivity (Wildman–Crippen MR) is 73.0 cm³/mol. The highest BCUT2D eigenvalue weighted by Crippen LogP contribution is 2.30. The van der Waals surface area contributed by atoms with Gasteiger partial charge in [0.1, 0.15) is 5.75 Å². The Kier molecular flexibility index (Phi) is 3.78. The normalized spacial score (nSPS) is 18.8. The third-order valence-electron chi connectivity index (χ3n) is 3.69. The molecule has 4 heteroatoms. The molecule has 0 atom stereocenters. The van der Waals surface area contributed by atoms with Crippen LogP contribution in [0.5, 0.6) is 5.75 Å². The van der Waals surface area contributed by atoms with Crippen LogP contribution in [0.25, 0.3) is 0 Å². The number of nitrogens with zero attached hydrogens (tertiary/aromatic N) is 1. The van der Waals surface area contributed by atoms with Gasteiger partial charge < -0.3 is 20.5 Å². The molecule has 0 aliphatic carbocycles. The molecule has 18 heavy (non-hydrogen) atoms. The zero-order chi connectivity index (χ0) is 13.2. The number of piperidine rings is 1. The summed E-state index contributed by atoms with van der Waals surface area (Å²) in [5.41, 5.74) is 7.51. The fourth-order valence-electron chi connectivity index (χ4n) is 2.37. The summed E-state index contributed by atoms with van der Waals surface area (Å²) in [6.07, 6.45) is 1.57. The number of nitrogens with two attached hydrogens (primary N) is 1. The lowest BCUT2D eigenvalue weighted by atomic mass is 9.93. The first kappa shape index (κ1) is 13.2. The standard InChI is InChI=1S/C14H22N2O2/c1-14(17)5-7-16(8-6-14)13-9-12(18-2)4-3-11(13)10-15/h3-4,9,17H,5-8,10,15H2,1-2H3. The van der Waals surface area contributed by atoms with Crippen LogP contribution in [0.2, 0.25) is 0 Å². The lowest BCUT2D eigenvalue weighted by molar-refractivity contribution is 0.0351. The molecular weight excluding hydrogens is 228 g/mol. The molecule has 1 aliphatic heterocycles. The molecule has 3 N–H and O–H groups in total. The van der Waals surface area contributed by atoms with Crippen molar-refractivity contribution in [2.24, 2.45) is 5.73 Å². The third kappa shape index (κ3) is 2.76. The van der Waals surface area contributed by atoms with Gasteiger partial charge in [-0.1, -0.05) is 6.07 Å². The van der Waals surface area contributed by atoms with E-state index < -0.39 is 5.60 Å².